The Bertz CT molecular complexity index is 874. The molecular formula is C17H14ClN3O3S. The van der Waals surface area contributed by atoms with Crippen molar-refractivity contribution < 1.29 is 9.72 Å². The summed E-state index contributed by atoms with van der Waals surface area (Å²) in [5.41, 5.74) is 1.24. The highest BCUT2D eigenvalue weighted by Gasteiger charge is 2.36. The van der Waals surface area contributed by atoms with Gasteiger partial charge in [-0.25, -0.2) is 4.98 Å². The van der Waals surface area contributed by atoms with Gasteiger partial charge in [-0.05, 0) is 30.4 Å². The predicted octanol–water partition coefficient (Wildman–Crippen LogP) is 4.41. The van der Waals surface area contributed by atoms with Gasteiger partial charge in [0.05, 0.1) is 15.7 Å². The molecule has 0 fully saturated rings. The molecule has 1 aromatic carbocycles. The Morgan fingerprint density at radius 1 is 1.40 bits per heavy atom. The van der Waals surface area contributed by atoms with E-state index in [0.29, 0.717) is 16.4 Å². The van der Waals surface area contributed by atoms with E-state index in [4.69, 9.17) is 11.6 Å². The number of nitrogens with zero attached hydrogens (tertiary/aromatic N) is 2. The molecular weight excluding hydrogens is 362 g/mol. The number of anilines is 1. The van der Waals surface area contributed by atoms with Crippen LogP contribution in [0.5, 0.6) is 0 Å². The monoisotopic (exact) mass is 375 g/mol. The van der Waals surface area contributed by atoms with Gasteiger partial charge in [0.1, 0.15) is 6.20 Å². The van der Waals surface area contributed by atoms with Crippen LogP contribution in [0.25, 0.3) is 0 Å². The quantitative estimate of drug-likeness (QED) is 0.362. The average molecular weight is 376 g/mol. The smallest absolute Gasteiger partial charge is 0.332 e. The molecule has 1 aliphatic carbocycles. The van der Waals surface area contributed by atoms with E-state index in [1.54, 1.807) is 37.3 Å². The second-order valence-electron chi connectivity index (χ2n) is 5.70. The lowest BCUT2D eigenvalue weighted by Gasteiger charge is -2.30. The number of ketones is 1. The molecule has 128 valence electrons. The first-order valence-electron chi connectivity index (χ1n) is 7.43. The van der Waals surface area contributed by atoms with Gasteiger partial charge in [0.2, 0.25) is 0 Å². The van der Waals surface area contributed by atoms with Gasteiger partial charge in [-0.1, -0.05) is 36.4 Å². The van der Waals surface area contributed by atoms with E-state index >= 15 is 0 Å². The van der Waals surface area contributed by atoms with E-state index in [2.05, 4.69) is 10.3 Å². The minimum atomic E-state index is -0.923. The molecule has 0 radical (unpaired) electrons. The summed E-state index contributed by atoms with van der Waals surface area (Å²) in [6.45, 7) is 1.76. The first kappa shape index (κ1) is 17.3. The van der Waals surface area contributed by atoms with Crippen LogP contribution in [0, 0.1) is 16.0 Å². The van der Waals surface area contributed by atoms with Gasteiger partial charge >= 0.3 is 5.00 Å². The summed E-state index contributed by atoms with van der Waals surface area (Å²) in [5, 5.41) is 14.1. The number of halogens is 1. The van der Waals surface area contributed by atoms with E-state index in [9.17, 15) is 14.9 Å². The van der Waals surface area contributed by atoms with Crippen LogP contribution in [0.15, 0.2) is 60.5 Å². The molecule has 1 N–H and O–H groups in total. The number of thiazole rings is 1. The molecule has 0 spiro atoms. The molecule has 0 saturated heterocycles. The topological polar surface area (TPSA) is 85.1 Å². The summed E-state index contributed by atoms with van der Waals surface area (Å²) in [4.78, 5) is 26.0. The molecule has 2 unspecified atom stereocenters. The first-order valence-corrected chi connectivity index (χ1v) is 8.63. The summed E-state index contributed by atoms with van der Waals surface area (Å²) in [6.07, 6.45) is 6.41. The number of hydrogen-bond acceptors (Lipinski definition) is 6. The number of allylic oxidation sites excluding steroid dienone is 3. The van der Waals surface area contributed by atoms with Gasteiger partial charge in [-0.2, -0.15) is 0 Å². The zero-order valence-electron chi connectivity index (χ0n) is 13.2. The summed E-state index contributed by atoms with van der Waals surface area (Å²) in [5.74, 6) is -0.567. The normalized spacial score (nSPS) is 22.3. The molecule has 0 bridgehead atoms. The number of alkyl halides is 1. The highest BCUT2D eigenvalue weighted by Crippen LogP contribution is 2.36. The fourth-order valence-electron chi connectivity index (χ4n) is 2.56. The lowest BCUT2D eigenvalue weighted by atomic mass is 9.82. The van der Waals surface area contributed by atoms with E-state index < -0.39 is 15.7 Å². The zero-order valence-corrected chi connectivity index (χ0v) is 14.8. The molecule has 1 aromatic heterocycles. The Hall–Kier alpha value is -2.51. The number of rotatable bonds is 5. The second kappa shape index (κ2) is 6.78. The van der Waals surface area contributed by atoms with Crippen LogP contribution in [-0.4, -0.2) is 20.6 Å². The van der Waals surface area contributed by atoms with Crippen molar-refractivity contribution >= 4 is 38.9 Å². The van der Waals surface area contributed by atoms with Crippen LogP contribution >= 0.6 is 22.9 Å². The van der Waals surface area contributed by atoms with E-state index in [0.717, 1.165) is 11.3 Å². The maximum atomic E-state index is 12.7. The Balaban J connectivity index is 1.78. The zero-order chi connectivity index (χ0) is 18.0. The van der Waals surface area contributed by atoms with Crippen LogP contribution in [0.4, 0.5) is 10.1 Å². The van der Waals surface area contributed by atoms with Crippen molar-refractivity contribution in [3.8, 4) is 0 Å². The van der Waals surface area contributed by atoms with Gasteiger partial charge < -0.3 is 5.32 Å². The van der Waals surface area contributed by atoms with Crippen molar-refractivity contribution in [2.75, 3.05) is 5.32 Å². The number of benzene rings is 1. The number of carbonyl (C=O) groups is 1. The lowest BCUT2D eigenvalue weighted by Crippen LogP contribution is -2.34. The van der Waals surface area contributed by atoms with Crippen molar-refractivity contribution in [2.24, 2.45) is 5.92 Å². The third kappa shape index (κ3) is 3.78. The molecule has 1 aliphatic rings. The molecule has 8 heteroatoms. The molecule has 3 rings (SSSR count). The fraction of sp³-hybridized carbons (Fsp3) is 0.176. The van der Waals surface area contributed by atoms with Crippen LogP contribution in [-0.2, 0) is 0 Å². The number of nitrogens with one attached hydrogen (secondary N) is 1. The number of Topliss-reactive ketones (excluding diaryl/α,β-unsaturated/α-hetero) is 1. The third-order valence-corrected chi connectivity index (χ3v) is 4.99. The van der Waals surface area contributed by atoms with Gasteiger partial charge in [0, 0.05) is 11.3 Å². The van der Waals surface area contributed by atoms with Crippen molar-refractivity contribution in [3.63, 3.8) is 0 Å². The van der Waals surface area contributed by atoms with Crippen LogP contribution in [0.1, 0.15) is 17.3 Å². The van der Waals surface area contributed by atoms with Gasteiger partial charge in [-0.3, -0.25) is 14.9 Å². The van der Waals surface area contributed by atoms with E-state index in [-0.39, 0.29) is 10.8 Å². The minimum Gasteiger partial charge on any atom is -0.332 e. The SMILES string of the molecule is CC1(Cl)C=C(Nc2ncc([N+](=O)[O-])s2)C=CC1C(=O)c1ccccc1. The number of hydrogen-bond donors (Lipinski definition) is 1. The second-order valence-corrected chi connectivity index (χ2v) is 7.53. The molecule has 2 aromatic rings. The Labute approximate surface area is 153 Å². The largest absolute Gasteiger partial charge is 0.345 e. The maximum absolute atomic E-state index is 12.7. The third-order valence-electron chi connectivity index (χ3n) is 3.78. The number of carbonyl (C=O) groups excluding carboxylic acids is 1. The van der Waals surface area contributed by atoms with Crippen LogP contribution in [0.3, 0.4) is 0 Å². The Kier molecular flexibility index (Phi) is 4.69. The highest BCUT2D eigenvalue weighted by molar-refractivity contribution is 7.18. The standard InChI is InChI=1S/C17H14ClN3O3S/c1-17(18)9-12(20-16-19-10-14(25-16)21(23)24)7-8-13(17)15(22)11-5-3-2-4-6-11/h2-10,13H,1H3,(H,19,20). The van der Waals surface area contributed by atoms with Crippen molar-refractivity contribution in [1.82, 2.24) is 4.98 Å². The molecule has 25 heavy (non-hydrogen) atoms. The summed E-state index contributed by atoms with van der Waals surface area (Å²) >= 11 is 7.52. The van der Waals surface area contributed by atoms with Gasteiger partial charge in [-0.15, -0.1) is 11.6 Å². The molecule has 0 saturated carbocycles. The Morgan fingerprint density at radius 3 is 2.72 bits per heavy atom. The van der Waals surface area contributed by atoms with Gasteiger partial charge in [0.15, 0.2) is 10.9 Å². The van der Waals surface area contributed by atoms with Crippen molar-refractivity contribution in [2.45, 2.75) is 11.8 Å². The maximum Gasteiger partial charge on any atom is 0.345 e. The summed E-state index contributed by atoms with van der Waals surface area (Å²) in [7, 11) is 0. The first-order chi connectivity index (χ1) is 11.9. The van der Waals surface area contributed by atoms with Crippen molar-refractivity contribution in [3.05, 3.63) is 76.1 Å². The summed E-state index contributed by atoms with van der Waals surface area (Å²) < 4.78 is 0. The number of aromatic nitrogens is 1. The Morgan fingerprint density at radius 2 is 2.12 bits per heavy atom. The lowest BCUT2D eigenvalue weighted by molar-refractivity contribution is -0.380. The average Bonchev–Trinajstić information content (AvgIpc) is 3.03. The van der Waals surface area contributed by atoms with Crippen LogP contribution in [0.2, 0.25) is 0 Å². The van der Waals surface area contributed by atoms with Crippen molar-refractivity contribution in [1.29, 1.82) is 0 Å². The van der Waals surface area contributed by atoms with Crippen LogP contribution < -0.4 is 5.32 Å². The number of nitro groups is 1. The van der Waals surface area contributed by atoms with E-state index in [1.807, 2.05) is 18.2 Å². The molecule has 0 aliphatic heterocycles. The molecule has 2 atom stereocenters. The summed E-state index contributed by atoms with van der Waals surface area (Å²) in [6, 6.07) is 8.99. The molecule has 1 heterocycles. The fourth-order valence-corrected chi connectivity index (χ4v) is 3.51. The van der Waals surface area contributed by atoms with E-state index in [1.165, 1.54) is 6.20 Å². The minimum absolute atomic E-state index is 0.0475. The molecule has 6 nitrogen and oxygen atoms in total. The predicted molar refractivity (Wildman–Crippen MR) is 98.1 cm³/mol. The molecule has 0 amide bonds. The van der Waals surface area contributed by atoms with Gasteiger partial charge in [0.25, 0.3) is 0 Å². The highest BCUT2D eigenvalue weighted by atomic mass is 35.5.